The molecule has 1 aliphatic carbocycles. The standard InChI is InChI=1S/C13H16O6/c14-10-6-7-11(15,13(18,19)12(10,16)17)8-9-4-2-1-3-5-9/h1-7,10,14-19H,8H2. The van der Waals surface area contributed by atoms with Crippen LogP contribution in [0.2, 0.25) is 0 Å². The van der Waals surface area contributed by atoms with E-state index in [4.69, 9.17) is 0 Å². The van der Waals surface area contributed by atoms with Gasteiger partial charge in [0, 0.05) is 6.42 Å². The van der Waals surface area contributed by atoms with Crippen molar-refractivity contribution in [3.05, 3.63) is 48.0 Å². The molecule has 2 rings (SSSR count). The Bertz CT molecular complexity index is 481. The molecule has 0 fully saturated rings. The highest BCUT2D eigenvalue weighted by Crippen LogP contribution is 2.39. The summed E-state index contributed by atoms with van der Waals surface area (Å²) in [5.74, 6) is -6.59. The Morgan fingerprint density at radius 3 is 2.11 bits per heavy atom. The quantitative estimate of drug-likeness (QED) is 0.279. The molecule has 0 spiro atoms. The largest absolute Gasteiger partial charge is 0.383 e. The first kappa shape index (κ1) is 14.1. The van der Waals surface area contributed by atoms with Crippen LogP contribution in [0.1, 0.15) is 5.56 Å². The zero-order valence-corrected chi connectivity index (χ0v) is 10.0. The number of hydrogen-bond donors (Lipinski definition) is 6. The minimum absolute atomic E-state index is 0.257. The molecule has 2 unspecified atom stereocenters. The summed E-state index contributed by atoms with van der Waals surface area (Å²) in [5, 5.41) is 58.5. The lowest BCUT2D eigenvalue weighted by Crippen LogP contribution is -2.73. The summed E-state index contributed by atoms with van der Waals surface area (Å²) in [6, 6.07) is 8.43. The normalized spacial score (nSPS) is 32.2. The second-order valence-electron chi connectivity index (χ2n) is 4.79. The molecule has 0 aliphatic heterocycles. The van der Waals surface area contributed by atoms with Crippen molar-refractivity contribution in [2.24, 2.45) is 0 Å². The highest BCUT2D eigenvalue weighted by atomic mass is 16.6. The van der Waals surface area contributed by atoms with Crippen LogP contribution in [-0.4, -0.2) is 53.9 Å². The Morgan fingerprint density at radius 2 is 1.53 bits per heavy atom. The van der Waals surface area contributed by atoms with E-state index in [1.54, 1.807) is 30.3 Å². The maximum Gasteiger partial charge on any atom is 0.255 e. The van der Waals surface area contributed by atoms with Crippen molar-refractivity contribution in [2.45, 2.75) is 29.7 Å². The van der Waals surface area contributed by atoms with Gasteiger partial charge in [0.25, 0.3) is 11.6 Å². The smallest absolute Gasteiger partial charge is 0.255 e. The molecule has 1 aromatic rings. The van der Waals surface area contributed by atoms with Crippen molar-refractivity contribution in [1.29, 1.82) is 0 Å². The van der Waals surface area contributed by atoms with Gasteiger partial charge in [-0.1, -0.05) is 36.4 Å². The molecule has 0 radical (unpaired) electrons. The molecular weight excluding hydrogens is 252 g/mol. The van der Waals surface area contributed by atoms with Gasteiger partial charge in [0.05, 0.1) is 0 Å². The number of benzene rings is 1. The summed E-state index contributed by atoms with van der Waals surface area (Å²) in [5.41, 5.74) is -1.77. The van der Waals surface area contributed by atoms with Crippen LogP contribution in [0, 0.1) is 0 Å². The Hall–Kier alpha value is -1.28. The molecule has 0 bridgehead atoms. The molecule has 0 amide bonds. The van der Waals surface area contributed by atoms with Crippen molar-refractivity contribution < 1.29 is 30.6 Å². The summed E-state index contributed by atoms with van der Waals surface area (Å²) in [7, 11) is 0. The van der Waals surface area contributed by atoms with E-state index in [0.717, 1.165) is 12.2 Å². The monoisotopic (exact) mass is 268 g/mol. The second kappa shape index (κ2) is 4.38. The Labute approximate surface area is 109 Å². The maximum atomic E-state index is 10.3. The summed E-state index contributed by atoms with van der Waals surface area (Å²) >= 11 is 0. The minimum Gasteiger partial charge on any atom is -0.383 e. The first-order valence-electron chi connectivity index (χ1n) is 5.74. The van der Waals surface area contributed by atoms with E-state index >= 15 is 0 Å². The molecule has 0 aromatic heterocycles. The predicted octanol–water partition coefficient (Wildman–Crippen LogP) is -1.75. The number of aliphatic hydroxyl groups is 6. The van der Waals surface area contributed by atoms with E-state index < -0.39 is 23.3 Å². The van der Waals surface area contributed by atoms with Crippen LogP contribution in [0.4, 0.5) is 0 Å². The summed E-state index contributed by atoms with van der Waals surface area (Å²) < 4.78 is 0. The minimum atomic E-state index is -3.32. The van der Waals surface area contributed by atoms with Gasteiger partial charge in [-0.05, 0) is 11.6 Å². The zero-order chi connectivity index (χ0) is 14.3. The third kappa shape index (κ3) is 2.08. The van der Waals surface area contributed by atoms with E-state index in [0.29, 0.717) is 5.56 Å². The maximum absolute atomic E-state index is 10.3. The molecule has 0 heterocycles. The predicted molar refractivity (Wildman–Crippen MR) is 64.6 cm³/mol. The molecule has 6 heteroatoms. The molecule has 1 aliphatic rings. The van der Waals surface area contributed by atoms with Crippen LogP contribution in [-0.2, 0) is 6.42 Å². The van der Waals surface area contributed by atoms with E-state index in [9.17, 15) is 30.6 Å². The molecule has 6 N–H and O–H groups in total. The SMILES string of the molecule is OC1C=CC(O)(Cc2ccccc2)C(O)(O)C1(O)O. The van der Waals surface area contributed by atoms with Crippen molar-refractivity contribution in [2.75, 3.05) is 0 Å². The van der Waals surface area contributed by atoms with Gasteiger partial charge in [0.2, 0.25) is 0 Å². The molecule has 0 saturated heterocycles. The van der Waals surface area contributed by atoms with Gasteiger partial charge >= 0.3 is 0 Å². The Balaban J connectivity index is 2.40. The van der Waals surface area contributed by atoms with E-state index in [2.05, 4.69) is 0 Å². The van der Waals surface area contributed by atoms with Gasteiger partial charge in [-0.25, -0.2) is 0 Å². The van der Waals surface area contributed by atoms with Gasteiger partial charge in [0.15, 0.2) is 0 Å². The Kier molecular flexibility index (Phi) is 3.26. The van der Waals surface area contributed by atoms with Gasteiger partial charge in [-0.3, -0.25) is 0 Å². The molecule has 2 atom stereocenters. The lowest BCUT2D eigenvalue weighted by atomic mass is 9.75. The van der Waals surface area contributed by atoms with Crippen LogP contribution in [0.5, 0.6) is 0 Å². The van der Waals surface area contributed by atoms with Crippen molar-refractivity contribution >= 4 is 0 Å². The van der Waals surface area contributed by atoms with Crippen LogP contribution >= 0.6 is 0 Å². The summed E-state index contributed by atoms with van der Waals surface area (Å²) in [4.78, 5) is 0. The van der Waals surface area contributed by atoms with Gasteiger partial charge in [-0.15, -0.1) is 0 Å². The fourth-order valence-electron chi connectivity index (χ4n) is 2.11. The van der Waals surface area contributed by atoms with Gasteiger partial charge < -0.3 is 30.6 Å². The van der Waals surface area contributed by atoms with E-state index in [-0.39, 0.29) is 6.42 Å². The van der Waals surface area contributed by atoms with Crippen molar-refractivity contribution in [3.8, 4) is 0 Å². The van der Waals surface area contributed by atoms with Crippen molar-refractivity contribution in [3.63, 3.8) is 0 Å². The molecule has 104 valence electrons. The van der Waals surface area contributed by atoms with Crippen LogP contribution in [0.3, 0.4) is 0 Å². The molecule has 6 nitrogen and oxygen atoms in total. The number of hydrogen-bond acceptors (Lipinski definition) is 6. The summed E-state index contributed by atoms with van der Waals surface area (Å²) in [6.07, 6.45) is -0.311. The Morgan fingerprint density at radius 1 is 0.947 bits per heavy atom. The lowest BCUT2D eigenvalue weighted by Gasteiger charge is -2.48. The average Bonchev–Trinajstić information content (AvgIpc) is 2.35. The third-order valence-corrected chi connectivity index (χ3v) is 3.40. The van der Waals surface area contributed by atoms with Gasteiger partial charge in [-0.2, -0.15) is 0 Å². The molecule has 0 saturated carbocycles. The molecule has 19 heavy (non-hydrogen) atoms. The second-order valence-corrected chi connectivity index (χ2v) is 4.79. The third-order valence-electron chi connectivity index (χ3n) is 3.40. The molecule has 1 aromatic carbocycles. The average molecular weight is 268 g/mol. The fourth-order valence-corrected chi connectivity index (χ4v) is 2.11. The highest BCUT2D eigenvalue weighted by Gasteiger charge is 2.65. The number of rotatable bonds is 2. The van der Waals surface area contributed by atoms with E-state index in [1.807, 2.05) is 0 Å². The first-order valence-corrected chi connectivity index (χ1v) is 5.74. The summed E-state index contributed by atoms with van der Waals surface area (Å²) in [6.45, 7) is 0. The van der Waals surface area contributed by atoms with Crippen LogP contribution < -0.4 is 0 Å². The van der Waals surface area contributed by atoms with Crippen molar-refractivity contribution in [1.82, 2.24) is 0 Å². The highest BCUT2D eigenvalue weighted by molar-refractivity contribution is 5.27. The van der Waals surface area contributed by atoms with Gasteiger partial charge in [0.1, 0.15) is 11.7 Å². The van der Waals surface area contributed by atoms with E-state index in [1.165, 1.54) is 0 Å². The first-order chi connectivity index (χ1) is 8.71. The zero-order valence-electron chi connectivity index (χ0n) is 10.0. The fraction of sp³-hybridized carbons (Fsp3) is 0.385. The molecular formula is C13H16O6. The van der Waals surface area contributed by atoms with Crippen LogP contribution in [0.25, 0.3) is 0 Å². The lowest BCUT2D eigenvalue weighted by molar-refractivity contribution is -0.421. The topological polar surface area (TPSA) is 121 Å². The number of aliphatic hydroxyl groups excluding tert-OH is 1. The van der Waals surface area contributed by atoms with Crippen LogP contribution in [0.15, 0.2) is 42.5 Å².